The van der Waals surface area contributed by atoms with Crippen LogP contribution in [0.4, 0.5) is 28.9 Å². The van der Waals surface area contributed by atoms with E-state index in [4.69, 9.17) is 0 Å². The van der Waals surface area contributed by atoms with E-state index >= 15 is 0 Å². The smallest absolute Gasteiger partial charge is 0.325 e. The van der Waals surface area contributed by atoms with E-state index in [1.165, 1.54) is 36.4 Å². The molecule has 0 fully saturated rings. The maximum atomic E-state index is 13.8. The van der Waals surface area contributed by atoms with Crippen molar-refractivity contribution in [3.05, 3.63) is 89.7 Å². The van der Waals surface area contributed by atoms with Gasteiger partial charge in [0, 0.05) is 10.6 Å². The molecule has 3 aromatic carbocycles. The van der Waals surface area contributed by atoms with E-state index < -0.39 is 34.6 Å². The van der Waals surface area contributed by atoms with Gasteiger partial charge in [-0.2, -0.15) is 13.2 Å². The first-order valence-corrected chi connectivity index (χ1v) is 10.3. The predicted octanol–water partition coefficient (Wildman–Crippen LogP) is 6.22. The Kier molecular flexibility index (Phi) is 7.19. The van der Waals surface area contributed by atoms with Crippen LogP contribution >= 0.6 is 11.8 Å². The summed E-state index contributed by atoms with van der Waals surface area (Å²) in [6.07, 6.45) is -4.59. The number of thioether (sulfide) groups is 1. The van der Waals surface area contributed by atoms with Gasteiger partial charge in [-0.3, -0.25) is 9.59 Å². The SMILES string of the molecule is CC(Sc1cccc(NC(=O)c2ccccc2F)c1)C(=O)Nc1ccccc1C(F)(F)F. The molecule has 1 unspecified atom stereocenters. The molecule has 0 saturated carbocycles. The molecule has 9 heteroatoms. The third-order valence-electron chi connectivity index (χ3n) is 4.38. The van der Waals surface area contributed by atoms with Gasteiger partial charge in [0.05, 0.1) is 22.1 Å². The van der Waals surface area contributed by atoms with Gasteiger partial charge in [-0.1, -0.05) is 30.3 Å². The molecule has 0 aliphatic carbocycles. The van der Waals surface area contributed by atoms with Crippen molar-refractivity contribution in [2.24, 2.45) is 0 Å². The fourth-order valence-electron chi connectivity index (χ4n) is 2.82. The number of anilines is 2. The van der Waals surface area contributed by atoms with Crippen LogP contribution in [0.15, 0.2) is 77.7 Å². The van der Waals surface area contributed by atoms with E-state index in [1.807, 2.05) is 0 Å². The number of amides is 2. The molecule has 4 nitrogen and oxygen atoms in total. The lowest BCUT2D eigenvalue weighted by molar-refractivity contribution is -0.137. The summed E-state index contributed by atoms with van der Waals surface area (Å²) in [5.74, 6) is -1.88. The van der Waals surface area contributed by atoms with Gasteiger partial charge >= 0.3 is 6.18 Å². The third-order valence-corrected chi connectivity index (χ3v) is 5.48. The molecule has 0 aliphatic heterocycles. The zero-order chi connectivity index (χ0) is 23.3. The number of para-hydroxylation sites is 1. The molecule has 166 valence electrons. The second-order valence-corrected chi connectivity index (χ2v) is 8.17. The number of alkyl halides is 3. The van der Waals surface area contributed by atoms with Crippen molar-refractivity contribution in [3.63, 3.8) is 0 Å². The molecular formula is C23H18F4N2O2S. The Balaban J connectivity index is 1.67. The maximum absolute atomic E-state index is 13.8. The Bertz CT molecular complexity index is 1130. The van der Waals surface area contributed by atoms with Gasteiger partial charge in [-0.15, -0.1) is 11.8 Å². The van der Waals surface area contributed by atoms with E-state index in [-0.39, 0.29) is 11.3 Å². The Morgan fingerprint density at radius 1 is 0.906 bits per heavy atom. The average Bonchev–Trinajstić information content (AvgIpc) is 2.74. The van der Waals surface area contributed by atoms with Crippen LogP contribution in [0.5, 0.6) is 0 Å². The van der Waals surface area contributed by atoms with Crippen LogP contribution in [-0.4, -0.2) is 17.1 Å². The molecular weight excluding hydrogens is 444 g/mol. The summed E-state index contributed by atoms with van der Waals surface area (Å²) in [5.41, 5.74) is -0.966. The van der Waals surface area contributed by atoms with E-state index in [0.29, 0.717) is 10.6 Å². The topological polar surface area (TPSA) is 58.2 Å². The molecule has 0 saturated heterocycles. The van der Waals surface area contributed by atoms with Crippen LogP contribution in [-0.2, 0) is 11.0 Å². The molecule has 2 N–H and O–H groups in total. The minimum Gasteiger partial charge on any atom is -0.325 e. The largest absolute Gasteiger partial charge is 0.418 e. The summed E-state index contributed by atoms with van der Waals surface area (Å²) in [6, 6.07) is 16.8. The summed E-state index contributed by atoms with van der Waals surface area (Å²) in [6.45, 7) is 1.56. The molecule has 0 heterocycles. The summed E-state index contributed by atoms with van der Waals surface area (Å²) in [7, 11) is 0. The minimum absolute atomic E-state index is 0.110. The number of nitrogens with one attached hydrogen (secondary N) is 2. The molecule has 0 bridgehead atoms. The first-order chi connectivity index (χ1) is 15.1. The molecule has 0 radical (unpaired) electrons. The molecule has 0 aromatic heterocycles. The van der Waals surface area contributed by atoms with Gasteiger partial charge in [-0.05, 0) is 49.4 Å². The fraction of sp³-hybridized carbons (Fsp3) is 0.130. The van der Waals surface area contributed by atoms with Gasteiger partial charge in [-0.25, -0.2) is 4.39 Å². The van der Waals surface area contributed by atoms with Crippen molar-refractivity contribution in [2.45, 2.75) is 23.2 Å². The zero-order valence-corrected chi connectivity index (χ0v) is 17.6. The Morgan fingerprint density at radius 3 is 2.31 bits per heavy atom. The lowest BCUT2D eigenvalue weighted by Gasteiger charge is -2.16. The van der Waals surface area contributed by atoms with Gasteiger partial charge in [0.15, 0.2) is 0 Å². The molecule has 3 rings (SSSR count). The van der Waals surface area contributed by atoms with Crippen molar-refractivity contribution in [1.29, 1.82) is 0 Å². The number of carbonyl (C=O) groups is 2. The lowest BCUT2D eigenvalue weighted by Crippen LogP contribution is -2.24. The van der Waals surface area contributed by atoms with Crippen molar-refractivity contribution >= 4 is 35.0 Å². The summed E-state index contributed by atoms with van der Waals surface area (Å²) in [4.78, 5) is 25.3. The molecule has 32 heavy (non-hydrogen) atoms. The highest BCUT2D eigenvalue weighted by molar-refractivity contribution is 8.00. The summed E-state index contributed by atoms with van der Waals surface area (Å²) >= 11 is 1.11. The highest BCUT2D eigenvalue weighted by atomic mass is 32.2. The van der Waals surface area contributed by atoms with Crippen LogP contribution in [0.3, 0.4) is 0 Å². The van der Waals surface area contributed by atoms with E-state index in [9.17, 15) is 27.2 Å². The lowest BCUT2D eigenvalue weighted by atomic mass is 10.1. The Morgan fingerprint density at radius 2 is 1.59 bits per heavy atom. The standard InChI is InChI=1S/C23H18F4N2O2S/c1-14(21(30)29-20-12-5-3-10-18(20)23(25,26)27)32-16-8-6-7-15(13-16)28-22(31)17-9-2-4-11-19(17)24/h2-14H,1H3,(H,28,31)(H,29,30). The number of benzene rings is 3. The number of halogens is 4. The predicted molar refractivity (Wildman–Crippen MR) is 116 cm³/mol. The number of carbonyl (C=O) groups excluding carboxylic acids is 2. The number of rotatable bonds is 6. The minimum atomic E-state index is -4.59. The van der Waals surface area contributed by atoms with E-state index in [2.05, 4.69) is 10.6 Å². The molecule has 3 aromatic rings. The first-order valence-electron chi connectivity index (χ1n) is 9.45. The summed E-state index contributed by atoms with van der Waals surface area (Å²) < 4.78 is 53.2. The van der Waals surface area contributed by atoms with Crippen LogP contribution in [0.2, 0.25) is 0 Å². The van der Waals surface area contributed by atoms with E-state index in [0.717, 1.165) is 17.8 Å². The van der Waals surface area contributed by atoms with Crippen LogP contribution in [0.25, 0.3) is 0 Å². The van der Waals surface area contributed by atoms with Gasteiger partial charge < -0.3 is 10.6 Å². The zero-order valence-electron chi connectivity index (χ0n) is 16.7. The summed E-state index contributed by atoms with van der Waals surface area (Å²) in [5, 5.41) is 4.18. The van der Waals surface area contributed by atoms with Crippen LogP contribution in [0.1, 0.15) is 22.8 Å². The second kappa shape index (κ2) is 9.86. The monoisotopic (exact) mass is 462 g/mol. The maximum Gasteiger partial charge on any atom is 0.418 e. The second-order valence-electron chi connectivity index (χ2n) is 6.75. The quantitative estimate of drug-likeness (QED) is 0.338. The highest BCUT2D eigenvalue weighted by Gasteiger charge is 2.33. The van der Waals surface area contributed by atoms with Crippen LogP contribution in [0, 0.1) is 5.82 Å². The van der Waals surface area contributed by atoms with E-state index in [1.54, 1.807) is 37.3 Å². The molecule has 0 spiro atoms. The number of hydrogen-bond donors (Lipinski definition) is 2. The molecule has 0 aliphatic rings. The van der Waals surface area contributed by atoms with Crippen molar-refractivity contribution < 1.29 is 27.2 Å². The van der Waals surface area contributed by atoms with Crippen molar-refractivity contribution in [2.75, 3.05) is 10.6 Å². The van der Waals surface area contributed by atoms with Gasteiger partial charge in [0.1, 0.15) is 5.82 Å². The van der Waals surface area contributed by atoms with Crippen molar-refractivity contribution in [1.82, 2.24) is 0 Å². The van der Waals surface area contributed by atoms with Gasteiger partial charge in [0.25, 0.3) is 5.91 Å². The first kappa shape index (κ1) is 23.3. The van der Waals surface area contributed by atoms with Crippen molar-refractivity contribution in [3.8, 4) is 0 Å². The highest BCUT2D eigenvalue weighted by Crippen LogP contribution is 2.35. The van der Waals surface area contributed by atoms with Gasteiger partial charge in [0.2, 0.25) is 5.91 Å². The molecule has 1 atom stereocenters. The average molecular weight is 462 g/mol. The third kappa shape index (κ3) is 5.88. The normalized spacial score (nSPS) is 12.2. The number of hydrogen-bond acceptors (Lipinski definition) is 3. The fourth-order valence-corrected chi connectivity index (χ4v) is 3.75. The molecule has 2 amide bonds. The van der Waals surface area contributed by atoms with Crippen LogP contribution < -0.4 is 10.6 Å². The Labute approximate surface area is 186 Å². The Hall–Kier alpha value is -3.33.